The molecule has 29 heavy (non-hydrogen) atoms. The summed E-state index contributed by atoms with van der Waals surface area (Å²) in [6.45, 7) is 7.33. The summed E-state index contributed by atoms with van der Waals surface area (Å²) in [6.07, 6.45) is 5.80. The molecule has 1 heterocycles. The number of esters is 1. The minimum absolute atomic E-state index is 0.0136. The van der Waals surface area contributed by atoms with Crippen molar-refractivity contribution >= 4 is 15.8 Å². The van der Waals surface area contributed by atoms with E-state index in [2.05, 4.69) is 5.10 Å². The van der Waals surface area contributed by atoms with Gasteiger partial charge in [-0.3, -0.25) is 4.79 Å². The van der Waals surface area contributed by atoms with Crippen LogP contribution < -0.4 is 4.74 Å². The van der Waals surface area contributed by atoms with Gasteiger partial charge in [-0.15, -0.1) is 0 Å². The average Bonchev–Trinajstić information content (AvgIpc) is 3.00. The third-order valence-corrected chi connectivity index (χ3v) is 7.21. The first-order valence-corrected chi connectivity index (χ1v) is 11.7. The number of benzene rings is 1. The lowest BCUT2D eigenvalue weighted by molar-refractivity contribution is -0.136. The summed E-state index contributed by atoms with van der Waals surface area (Å²) >= 11 is 0. The van der Waals surface area contributed by atoms with Crippen molar-refractivity contribution in [1.29, 1.82) is 0 Å². The highest BCUT2D eigenvalue weighted by Gasteiger charge is 2.34. The van der Waals surface area contributed by atoms with Gasteiger partial charge in [0.2, 0.25) is 15.7 Å². The maximum Gasteiger partial charge on any atom is 0.312 e. The number of hydrogen-bond donors (Lipinski definition) is 0. The van der Waals surface area contributed by atoms with Crippen LogP contribution in [0.1, 0.15) is 65.0 Å². The molecule has 0 spiro atoms. The quantitative estimate of drug-likeness (QED) is 0.660. The molecule has 1 saturated carbocycles. The number of aryl methyl sites for hydroxylation is 1. The predicted octanol–water partition coefficient (Wildman–Crippen LogP) is 4.66. The summed E-state index contributed by atoms with van der Waals surface area (Å²) in [7, 11) is -3.88. The Morgan fingerprint density at radius 1 is 1.14 bits per heavy atom. The molecule has 2 aromatic rings. The third-order valence-electron chi connectivity index (χ3n) is 5.31. The minimum atomic E-state index is -3.88. The fourth-order valence-corrected chi connectivity index (χ4v) is 5.38. The van der Waals surface area contributed by atoms with E-state index in [1.54, 1.807) is 25.1 Å². The zero-order valence-corrected chi connectivity index (χ0v) is 18.5. The Balaban J connectivity index is 2.01. The van der Waals surface area contributed by atoms with Crippen LogP contribution in [0.2, 0.25) is 0 Å². The van der Waals surface area contributed by atoms with Gasteiger partial charge in [-0.2, -0.15) is 5.10 Å². The number of rotatable bonds is 5. The number of nitrogens with zero attached hydrogens (tertiary/aromatic N) is 2. The molecule has 7 heteroatoms. The Bertz CT molecular complexity index is 966. The molecule has 1 aromatic heterocycles. The van der Waals surface area contributed by atoms with E-state index < -0.39 is 21.3 Å². The van der Waals surface area contributed by atoms with Gasteiger partial charge in [0, 0.05) is 6.42 Å². The number of sulfone groups is 1. The van der Waals surface area contributed by atoms with Gasteiger partial charge in [-0.05, 0) is 58.6 Å². The molecule has 1 aromatic carbocycles. The highest BCUT2D eigenvalue weighted by Crippen LogP contribution is 2.36. The highest BCUT2D eigenvalue weighted by atomic mass is 32.2. The molecule has 1 aliphatic rings. The second-order valence-electron chi connectivity index (χ2n) is 8.80. The van der Waals surface area contributed by atoms with Gasteiger partial charge >= 0.3 is 5.97 Å². The van der Waals surface area contributed by atoms with Crippen molar-refractivity contribution in [3.63, 3.8) is 0 Å². The van der Waals surface area contributed by atoms with Gasteiger partial charge in [-0.1, -0.05) is 37.5 Å². The zero-order chi connectivity index (χ0) is 21.2. The number of carbonyl (C=O) groups is 1. The highest BCUT2D eigenvalue weighted by molar-refractivity contribution is 7.91. The molecule has 0 bridgehead atoms. The van der Waals surface area contributed by atoms with E-state index in [1.807, 2.05) is 20.8 Å². The van der Waals surface area contributed by atoms with Crippen molar-refractivity contribution in [2.45, 2.75) is 81.5 Å². The standard InChI is InChI=1S/C22H30N2O4S/c1-16-20(29(26,27)18-13-9-6-10-14-18)21(24(23-16)22(2,3)4)28-19(25)15-17-11-7-5-8-12-17/h6,9-10,13-14,17H,5,7-8,11-12,15H2,1-4H3. The lowest BCUT2D eigenvalue weighted by Crippen LogP contribution is -2.26. The largest absolute Gasteiger partial charge is 0.406 e. The van der Waals surface area contributed by atoms with Crippen LogP contribution in [0.4, 0.5) is 0 Å². The third kappa shape index (κ3) is 4.71. The van der Waals surface area contributed by atoms with Crippen molar-refractivity contribution < 1.29 is 17.9 Å². The van der Waals surface area contributed by atoms with E-state index in [-0.39, 0.29) is 15.7 Å². The molecule has 1 fully saturated rings. The smallest absolute Gasteiger partial charge is 0.312 e. The SMILES string of the molecule is Cc1nn(C(C)(C)C)c(OC(=O)CC2CCCCC2)c1S(=O)(=O)c1ccccc1. The van der Waals surface area contributed by atoms with Crippen LogP contribution in [0.3, 0.4) is 0 Å². The number of aromatic nitrogens is 2. The van der Waals surface area contributed by atoms with Gasteiger partial charge in [0.25, 0.3) is 0 Å². The first-order valence-electron chi connectivity index (χ1n) is 10.2. The Kier molecular flexibility index (Phi) is 6.17. The van der Waals surface area contributed by atoms with Crippen LogP contribution in [0.5, 0.6) is 5.88 Å². The zero-order valence-electron chi connectivity index (χ0n) is 17.6. The summed E-state index contributed by atoms with van der Waals surface area (Å²) < 4.78 is 33.9. The molecule has 0 unspecified atom stereocenters. The molecule has 0 radical (unpaired) electrons. The van der Waals surface area contributed by atoms with E-state index in [1.165, 1.54) is 23.2 Å². The Morgan fingerprint density at radius 3 is 2.34 bits per heavy atom. The fraction of sp³-hybridized carbons (Fsp3) is 0.545. The second-order valence-corrected chi connectivity index (χ2v) is 10.7. The van der Waals surface area contributed by atoms with Crippen molar-refractivity contribution in [3.05, 3.63) is 36.0 Å². The fourth-order valence-electron chi connectivity index (χ4n) is 3.84. The summed E-state index contributed by atoms with van der Waals surface area (Å²) in [5.41, 5.74) is -0.223. The van der Waals surface area contributed by atoms with Crippen LogP contribution >= 0.6 is 0 Å². The summed E-state index contributed by atoms with van der Waals surface area (Å²) in [5.74, 6) is -0.0796. The van der Waals surface area contributed by atoms with E-state index >= 15 is 0 Å². The van der Waals surface area contributed by atoms with Crippen molar-refractivity contribution in [2.24, 2.45) is 5.92 Å². The molecule has 6 nitrogen and oxygen atoms in total. The maximum atomic E-state index is 13.3. The normalized spacial score (nSPS) is 16.0. The predicted molar refractivity (Wildman–Crippen MR) is 111 cm³/mol. The lowest BCUT2D eigenvalue weighted by Gasteiger charge is -2.23. The summed E-state index contributed by atoms with van der Waals surface area (Å²) in [6, 6.07) is 8.18. The van der Waals surface area contributed by atoms with Crippen molar-refractivity contribution in [1.82, 2.24) is 9.78 Å². The van der Waals surface area contributed by atoms with Gasteiger partial charge < -0.3 is 4.74 Å². The first kappa shape index (κ1) is 21.6. The van der Waals surface area contributed by atoms with E-state index in [0.717, 1.165) is 25.7 Å². The molecular weight excluding hydrogens is 388 g/mol. The van der Waals surface area contributed by atoms with E-state index in [0.29, 0.717) is 18.0 Å². The molecule has 0 amide bonds. The Hall–Kier alpha value is -2.15. The Morgan fingerprint density at radius 2 is 1.76 bits per heavy atom. The van der Waals surface area contributed by atoms with Gasteiger partial charge in [-0.25, -0.2) is 13.1 Å². The van der Waals surface area contributed by atoms with Crippen molar-refractivity contribution in [2.75, 3.05) is 0 Å². The average molecular weight is 419 g/mol. The number of carbonyl (C=O) groups excluding carboxylic acids is 1. The van der Waals surface area contributed by atoms with E-state index in [4.69, 9.17) is 4.74 Å². The lowest BCUT2D eigenvalue weighted by atomic mass is 9.87. The molecule has 0 aliphatic heterocycles. The molecule has 1 aliphatic carbocycles. The van der Waals surface area contributed by atoms with Crippen LogP contribution in [0, 0.1) is 12.8 Å². The molecule has 3 rings (SSSR count). The van der Waals surface area contributed by atoms with Gasteiger partial charge in [0.15, 0.2) is 4.90 Å². The molecule has 0 atom stereocenters. The second kappa shape index (κ2) is 8.30. The van der Waals surface area contributed by atoms with Crippen LogP contribution in [-0.4, -0.2) is 24.2 Å². The summed E-state index contributed by atoms with van der Waals surface area (Å²) in [4.78, 5) is 12.8. The topological polar surface area (TPSA) is 78.3 Å². The molecular formula is C22H30N2O4S. The summed E-state index contributed by atoms with van der Waals surface area (Å²) in [5, 5.41) is 4.43. The minimum Gasteiger partial charge on any atom is -0.406 e. The number of hydrogen-bond acceptors (Lipinski definition) is 5. The molecule has 0 saturated heterocycles. The first-order chi connectivity index (χ1) is 13.6. The van der Waals surface area contributed by atoms with Crippen LogP contribution in [-0.2, 0) is 20.2 Å². The van der Waals surface area contributed by atoms with Gasteiger partial charge in [0.05, 0.1) is 16.1 Å². The van der Waals surface area contributed by atoms with Crippen LogP contribution in [0.25, 0.3) is 0 Å². The monoisotopic (exact) mass is 418 g/mol. The molecule has 0 N–H and O–H groups in total. The van der Waals surface area contributed by atoms with Gasteiger partial charge in [0.1, 0.15) is 0 Å². The van der Waals surface area contributed by atoms with Crippen molar-refractivity contribution in [3.8, 4) is 5.88 Å². The Labute approximate surface area is 173 Å². The molecule has 158 valence electrons. The maximum absolute atomic E-state index is 13.3. The van der Waals surface area contributed by atoms with E-state index in [9.17, 15) is 13.2 Å². The number of ether oxygens (including phenoxy) is 1. The van der Waals surface area contributed by atoms with Crippen LogP contribution in [0.15, 0.2) is 40.1 Å².